The largest absolute Gasteiger partial charge is 0.384 e. The third-order valence-corrected chi connectivity index (χ3v) is 3.59. The highest BCUT2D eigenvalue weighted by Crippen LogP contribution is 2.27. The molecule has 2 aromatic rings. The Morgan fingerprint density at radius 3 is 3.11 bits per heavy atom. The fourth-order valence-corrected chi connectivity index (χ4v) is 2.65. The smallest absolute Gasteiger partial charge is 0.158 e. The second kappa shape index (κ2) is 5.09. The van der Waals surface area contributed by atoms with E-state index in [4.69, 9.17) is 4.74 Å². The second-order valence-electron chi connectivity index (χ2n) is 5.07. The third-order valence-electron chi connectivity index (χ3n) is 3.59. The molecule has 1 atom stereocenters. The van der Waals surface area contributed by atoms with Crippen molar-refractivity contribution in [1.29, 1.82) is 0 Å². The number of rotatable bonds is 3. The summed E-state index contributed by atoms with van der Waals surface area (Å²) < 4.78 is 5.24. The Morgan fingerprint density at radius 1 is 1.37 bits per heavy atom. The van der Waals surface area contributed by atoms with Gasteiger partial charge >= 0.3 is 0 Å². The van der Waals surface area contributed by atoms with Gasteiger partial charge in [-0.15, -0.1) is 0 Å². The SMILES string of the molecule is COCC1CCN(c2ncnc3ccc(C)nc23)C1. The molecule has 0 saturated carbocycles. The minimum atomic E-state index is 0.583. The number of aryl methyl sites for hydroxylation is 1. The van der Waals surface area contributed by atoms with Crippen LogP contribution in [0.2, 0.25) is 0 Å². The van der Waals surface area contributed by atoms with E-state index in [1.807, 2.05) is 19.1 Å². The molecule has 3 rings (SSSR count). The molecule has 0 bridgehead atoms. The van der Waals surface area contributed by atoms with E-state index in [-0.39, 0.29) is 0 Å². The zero-order valence-electron chi connectivity index (χ0n) is 11.3. The maximum Gasteiger partial charge on any atom is 0.158 e. The number of fused-ring (bicyclic) bond motifs is 1. The fraction of sp³-hybridized carbons (Fsp3) is 0.500. The summed E-state index contributed by atoms with van der Waals surface area (Å²) in [6.07, 6.45) is 2.77. The van der Waals surface area contributed by atoms with E-state index in [1.165, 1.54) is 0 Å². The van der Waals surface area contributed by atoms with Crippen LogP contribution in [0.5, 0.6) is 0 Å². The Bertz CT molecular complexity index is 587. The van der Waals surface area contributed by atoms with E-state index >= 15 is 0 Å². The Morgan fingerprint density at radius 2 is 2.26 bits per heavy atom. The molecule has 5 heteroatoms. The van der Waals surface area contributed by atoms with E-state index in [9.17, 15) is 0 Å². The molecule has 1 unspecified atom stereocenters. The number of ether oxygens (including phenoxy) is 1. The highest BCUT2D eigenvalue weighted by Gasteiger charge is 2.25. The first-order valence-electron chi connectivity index (χ1n) is 6.60. The molecule has 0 aliphatic carbocycles. The summed E-state index contributed by atoms with van der Waals surface area (Å²) >= 11 is 0. The van der Waals surface area contributed by atoms with Gasteiger partial charge in [0.05, 0.1) is 12.1 Å². The van der Waals surface area contributed by atoms with Gasteiger partial charge in [0.25, 0.3) is 0 Å². The summed E-state index contributed by atoms with van der Waals surface area (Å²) in [7, 11) is 1.76. The predicted octanol–water partition coefficient (Wildman–Crippen LogP) is 1.81. The van der Waals surface area contributed by atoms with Crippen LogP contribution in [0.4, 0.5) is 5.82 Å². The van der Waals surface area contributed by atoms with Gasteiger partial charge in [0, 0.05) is 31.8 Å². The van der Waals surface area contributed by atoms with Crippen LogP contribution in [0.1, 0.15) is 12.1 Å². The number of hydrogen-bond acceptors (Lipinski definition) is 5. The lowest BCUT2D eigenvalue weighted by atomic mass is 10.1. The van der Waals surface area contributed by atoms with E-state index in [1.54, 1.807) is 13.4 Å². The fourth-order valence-electron chi connectivity index (χ4n) is 2.65. The maximum absolute atomic E-state index is 5.24. The van der Waals surface area contributed by atoms with Crippen LogP contribution >= 0.6 is 0 Å². The molecule has 0 radical (unpaired) electrons. The van der Waals surface area contributed by atoms with Gasteiger partial charge in [0.2, 0.25) is 0 Å². The monoisotopic (exact) mass is 258 g/mol. The molecule has 5 nitrogen and oxygen atoms in total. The predicted molar refractivity (Wildman–Crippen MR) is 74.3 cm³/mol. The first kappa shape index (κ1) is 12.3. The van der Waals surface area contributed by atoms with Crippen molar-refractivity contribution in [2.45, 2.75) is 13.3 Å². The molecule has 2 aromatic heterocycles. The van der Waals surface area contributed by atoms with E-state index in [0.717, 1.165) is 48.7 Å². The average molecular weight is 258 g/mol. The second-order valence-corrected chi connectivity index (χ2v) is 5.07. The lowest BCUT2D eigenvalue weighted by Gasteiger charge is -2.18. The van der Waals surface area contributed by atoms with Gasteiger partial charge in [-0.3, -0.25) is 0 Å². The van der Waals surface area contributed by atoms with Crippen molar-refractivity contribution in [2.24, 2.45) is 5.92 Å². The van der Waals surface area contributed by atoms with Crippen molar-refractivity contribution in [2.75, 3.05) is 31.7 Å². The Hall–Kier alpha value is -1.75. The topological polar surface area (TPSA) is 51.1 Å². The molecule has 100 valence electrons. The Balaban J connectivity index is 1.95. The maximum atomic E-state index is 5.24. The standard InChI is InChI=1S/C14H18N4O/c1-10-3-4-12-13(17-10)14(16-9-15-12)18-6-5-11(7-18)8-19-2/h3-4,9,11H,5-8H2,1-2H3. The summed E-state index contributed by atoms with van der Waals surface area (Å²) in [5.74, 6) is 1.53. The minimum absolute atomic E-state index is 0.583. The van der Waals surface area contributed by atoms with Crippen LogP contribution in [0.15, 0.2) is 18.5 Å². The first-order chi connectivity index (χ1) is 9.28. The summed E-state index contributed by atoms with van der Waals surface area (Å²) in [4.78, 5) is 15.6. The zero-order chi connectivity index (χ0) is 13.2. The molecule has 1 saturated heterocycles. The normalized spacial score (nSPS) is 19.3. The van der Waals surface area contributed by atoms with Crippen molar-refractivity contribution in [3.63, 3.8) is 0 Å². The third kappa shape index (κ3) is 2.38. The molecule has 0 amide bonds. The average Bonchev–Trinajstić information content (AvgIpc) is 2.87. The van der Waals surface area contributed by atoms with E-state index < -0.39 is 0 Å². The molecule has 3 heterocycles. The molecule has 0 N–H and O–H groups in total. The summed E-state index contributed by atoms with van der Waals surface area (Å²) in [5, 5.41) is 0. The highest BCUT2D eigenvalue weighted by molar-refractivity contribution is 5.85. The molecule has 1 aliphatic heterocycles. The lowest BCUT2D eigenvalue weighted by Crippen LogP contribution is -2.22. The zero-order valence-corrected chi connectivity index (χ0v) is 11.3. The van der Waals surface area contributed by atoms with Crippen LogP contribution in [0.3, 0.4) is 0 Å². The number of aromatic nitrogens is 3. The summed E-state index contributed by atoms with van der Waals surface area (Å²) in [6, 6.07) is 3.99. The van der Waals surface area contributed by atoms with Gasteiger partial charge < -0.3 is 9.64 Å². The van der Waals surface area contributed by atoms with Crippen LogP contribution in [-0.2, 0) is 4.74 Å². The number of methoxy groups -OCH3 is 1. The highest BCUT2D eigenvalue weighted by atomic mass is 16.5. The van der Waals surface area contributed by atoms with Gasteiger partial charge in [-0.1, -0.05) is 0 Å². The van der Waals surface area contributed by atoms with Gasteiger partial charge in [0.15, 0.2) is 5.82 Å². The molecule has 1 fully saturated rings. The van der Waals surface area contributed by atoms with Crippen molar-refractivity contribution in [1.82, 2.24) is 15.0 Å². The van der Waals surface area contributed by atoms with Crippen LogP contribution in [0, 0.1) is 12.8 Å². The summed E-state index contributed by atoms with van der Waals surface area (Å²) in [5.41, 5.74) is 2.81. The number of nitrogens with zero attached hydrogens (tertiary/aromatic N) is 4. The van der Waals surface area contributed by atoms with Crippen LogP contribution in [0.25, 0.3) is 11.0 Å². The minimum Gasteiger partial charge on any atom is -0.384 e. The van der Waals surface area contributed by atoms with Crippen molar-refractivity contribution in [3.05, 3.63) is 24.2 Å². The van der Waals surface area contributed by atoms with Gasteiger partial charge in [-0.25, -0.2) is 15.0 Å². The number of anilines is 1. The molecular formula is C14H18N4O. The molecule has 0 aromatic carbocycles. The quantitative estimate of drug-likeness (QED) is 0.840. The molecule has 19 heavy (non-hydrogen) atoms. The van der Waals surface area contributed by atoms with Crippen molar-refractivity contribution >= 4 is 16.9 Å². The summed E-state index contributed by atoms with van der Waals surface area (Å²) in [6.45, 7) is 4.80. The molecule has 1 aliphatic rings. The van der Waals surface area contributed by atoms with Gasteiger partial charge in [0.1, 0.15) is 11.8 Å². The van der Waals surface area contributed by atoms with E-state index in [2.05, 4.69) is 19.9 Å². The van der Waals surface area contributed by atoms with Crippen LogP contribution < -0.4 is 4.90 Å². The van der Waals surface area contributed by atoms with Crippen molar-refractivity contribution in [3.8, 4) is 0 Å². The molecule has 0 spiro atoms. The molecular weight excluding hydrogens is 240 g/mol. The first-order valence-corrected chi connectivity index (χ1v) is 6.60. The number of hydrogen-bond donors (Lipinski definition) is 0. The lowest BCUT2D eigenvalue weighted by molar-refractivity contribution is 0.161. The van der Waals surface area contributed by atoms with Crippen LogP contribution in [-0.4, -0.2) is 41.8 Å². The Labute approximate surface area is 112 Å². The number of pyridine rings is 1. The van der Waals surface area contributed by atoms with Crippen molar-refractivity contribution < 1.29 is 4.74 Å². The Kier molecular flexibility index (Phi) is 3.29. The van der Waals surface area contributed by atoms with E-state index in [0.29, 0.717) is 5.92 Å². The van der Waals surface area contributed by atoms with Gasteiger partial charge in [-0.2, -0.15) is 0 Å². The van der Waals surface area contributed by atoms with Gasteiger partial charge in [-0.05, 0) is 25.5 Å².